The van der Waals surface area contributed by atoms with Crippen LogP contribution < -0.4 is 16.0 Å². The Morgan fingerprint density at radius 3 is 2.00 bits per heavy atom. The largest absolute Gasteiger partial charge is 0.481 e. The zero-order chi connectivity index (χ0) is 36.9. The fourth-order valence-corrected chi connectivity index (χ4v) is 5.49. The standard InChI is InChI=1S/C38H57N6O7/c1-31(22-23-37(48)49)42-38(50)41-26-12-5-4-7-19-34(46)18-6-2-3-8-20-35(47)43-36(51-30-45)21-11-15-27-44(28-32-16-9-13-24-39-32)29-33-17-10-14-25-40-33/h9-10,13-14,16-17,24-26,30-31,36H,2-8,11-12,15,18-23,27-29H2,1H3,(H,43,47)(H,48,49)(H2,41,42,50). The number of carbonyl (C=O) groups is 5. The number of carboxylic acids is 1. The van der Waals surface area contributed by atoms with Gasteiger partial charge in [-0.3, -0.25) is 34.0 Å². The molecule has 2 heterocycles. The minimum absolute atomic E-state index is 0.00867. The van der Waals surface area contributed by atoms with Gasteiger partial charge in [0.25, 0.3) is 6.47 Å². The quantitative estimate of drug-likeness (QED) is 0.0437. The average molecular weight is 710 g/mol. The SMILES string of the molecule is CC(CCC(=O)O)NC(=O)N[CH]CCCCCC(=O)CCCCCCC(=O)NC(CCCCN(Cc1ccccn1)Cc1ccccn1)OC=O. The van der Waals surface area contributed by atoms with Crippen LogP contribution in [0.25, 0.3) is 0 Å². The van der Waals surface area contributed by atoms with Gasteiger partial charge in [-0.05, 0) is 82.7 Å². The highest BCUT2D eigenvalue weighted by Crippen LogP contribution is 2.13. The highest BCUT2D eigenvalue weighted by Gasteiger charge is 2.15. The van der Waals surface area contributed by atoms with Crippen LogP contribution in [-0.4, -0.2) is 69.0 Å². The molecule has 0 saturated heterocycles. The summed E-state index contributed by atoms with van der Waals surface area (Å²) in [6.45, 7) is 6.01. The molecule has 281 valence electrons. The first kappa shape index (κ1) is 42.8. The second-order valence-electron chi connectivity index (χ2n) is 12.8. The molecule has 0 aliphatic carbocycles. The number of nitrogens with zero attached hydrogens (tertiary/aromatic N) is 3. The molecule has 0 bridgehead atoms. The van der Waals surface area contributed by atoms with E-state index in [2.05, 4.69) is 30.8 Å². The summed E-state index contributed by atoms with van der Waals surface area (Å²) >= 11 is 0. The lowest BCUT2D eigenvalue weighted by Crippen LogP contribution is -2.39. The van der Waals surface area contributed by atoms with Crippen molar-refractivity contribution in [3.63, 3.8) is 0 Å². The molecule has 2 aromatic heterocycles. The minimum Gasteiger partial charge on any atom is -0.481 e. The number of carboxylic acid groups (broad SMARTS) is 1. The van der Waals surface area contributed by atoms with E-state index in [1.54, 1.807) is 25.9 Å². The molecule has 13 heteroatoms. The molecule has 2 atom stereocenters. The minimum atomic E-state index is -0.888. The molecule has 51 heavy (non-hydrogen) atoms. The molecule has 2 unspecified atom stereocenters. The number of pyridine rings is 2. The number of aromatic nitrogens is 2. The predicted molar refractivity (Wildman–Crippen MR) is 194 cm³/mol. The molecule has 0 spiro atoms. The summed E-state index contributed by atoms with van der Waals surface area (Å²) in [4.78, 5) is 69.4. The van der Waals surface area contributed by atoms with Gasteiger partial charge in [0.2, 0.25) is 5.91 Å². The Morgan fingerprint density at radius 2 is 1.41 bits per heavy atom. The number of ketones is 1. The van der Waals surface area contributed by atoms with Crippen molar-refractivity contribution in [1.29, 1.82) is 0 Å². The van der Waals surface area contributed by atoms with E-state index in [0.29, 0.717) is 64.5 Å². The average Bonchev–Trinajstić information content (AvgIpc) is 3.11. The van der Waals surface area contributed by atoms with E-state index in [0.717, 1.165) is 69.3 Å². The van der Waals surface area contributed by atoms with Crippen LogP contribution in [0.2, 0.25) is 0 Å². The Balaban J connectivity index is 1.50. The first-order valence-corrected chi connectivity index (χ1v) is 18.3. The van der Waals surface area contributed by atoms with Gasteiger partial charge in [0.05, 0.1) is 17.9 Å². The van der Waals surface area contributed by atoms with Crippen LogP contribution in [-0.2, 0) is 37.0 Å². The maximum Gasteiger partial charge on any atom is 0.315 e. The lowest BCUT2D eigenvalue weighted by molar-refractivity contribution is -0.139. The molecular weight excluding hydrogens is 652 g/mol. The van der Waals surface area contributed by atoms with E-state index in [1.807, 2.05) is 36.4 Å². The van der Waals surface area contributed by atoms with Crippen molar-refractivity contribution in [2.24, 2.45) is 0 Å². The van der Waals surface area contributed by atoms with Gasteiger partial charge in [-0.15, -0.1) is 0 Å². The van der Waals surface area contributed by atoms with Gasteiger partial charge in [-0.25, -0.2) is 4.79 Å². The van der Waals surface area contributed by atoms with Crippen LogP contribution in [0.15, 0.2) is 48.8 Å². The molecule has 0 aliphatic heterocycles. The van der Waals surface area contributed by atoms with Crippen molar-refractivity contribution in [2.75, 3.05) is 6.54 Å². The van der Waals surface area contributed by atoms with Crippen molar-refractivity contribution < 1.29 is 33.8 Å². The number of urea groups is 1. The van der Waals surface area contributed by atoms with Crippen LogP contribution in [0, 0.1) is 6.54 Å². The number of ether oxygens (including phenoxy) is 1. The van der Waals surface area contributed by atoms with Crippen molar-refractivity contribution in [3.8, 4) is 0 Å². The third-order valence-electron chi connectivity index (χ3n) is 8.27. The normalized spacial score (nSPS) is 12.1. The molecule has 0 aromatic carbocycles. The van der Waals surface area contributed by atoms with Crippen LogP contribution >= 0.6 is 0 Å². The van der Waals surface area contributed by atoms with Gasteiger partial charge >= 0.3 is 12.0 Å². The third kappa shape index (κ3) is 22.9. The van der Waals surface area contributed by atoms with Crippen molar-refractivity contribution in [1.82, 2.24) is 30.8 Å². The highest BCUT2D eigenvalue weighted by molar-refractivity contribution is 5.78. The number of nitrogens with one attached hydrogen (secondary N) is 3. The molecule has 2 rings (SSSR count). The Labute approximate surface area is 302 Å². The maximum atomic E-state index is 12.5. The van der Waals surface area contributed by atoms with Crippen LogP contribution in [0.4, 0.5) is 4.79 Å². The first-order valence-electron chi connectivity index (χ1n) is 18.3. The van der Waals surface area contributed by atoms with Crippen molar-refractivity contribution in [2.45, 2.75) is 135 Å². The number of carbonyl (C=O) groups excluding carboxylic acids is 4. The summed E-state index contributed by atoms with van der Waals surface area (Å²) in [5.74, 6) is -0.792. The Bertz CT molecular complexity index is 1230. The fourth-order valence-electron chi connectivity index (χ4n) is 5.49. The van der Waals surface area contributed by atoms with Crippen molar-refractivity contribution in [3.05, 3.63) is 66.7 Å². The van der Waals surface area contributed by atoms with E-state index >= 15 is 0 Å². The van der Waals surface area contributed by atoms with Gasteiger partial charge in [0.15, 0.2) is 6.23 Å². The lowest BCUT2D eigenvalue weighted by Gasteiger charge is -2.22. The van der Waals surface area contributed by atoms with E-state index in [-0.39, 0.29) is 30.2 Å². The van der Waals surface area contributed by atoms with Crippen molar-refractivity contribution >= 4 is 30.2 Å². The highest BCUT2D eigenvalue weighted by atomic mass is 16.5. The predicted octanol–water partition coefficient (Wildman–Crippen LogP) is 5.84. The summed E-state index contributed by atoms with van der Waals surface area (Å²) < 4.78 is 5.16. The second-order valence-corrected chi connectivity index (χ2v) is 12.8. The number of hydrogen-bond donors (Lipinski definition) is 4. The number of unbranched alkanes of at least 4 members (excludes halogenated alkanes) is 7. The zero-order valence-corrected chi connectivity index (χ0v) is 30.1. The summed E-state index contributed by atoms with van der Waals surface area (Å²) in [6.07, 6.45) is 13.3. The van der Waals surface area contributed by atoms with E-state index in [9.17, 15) is 24.0 Å². The Hall–Kier alpha value is -4.39. The van der Waals surface area contributed by atoms with Gasteiger partial charge in [-0.2, -0.15) is 0 Å². The summed E-state index contributed by atoms with van der Waals surface area (Å²) in [5, 5.41) is 16.9. The summed E-state index contributed by atoms with van der Waals surface area (Å²) in [6, 6.07) is 11.2. The molecule has 13 nitrogen and oxygen atoms in total. The third-order valence-corrected chi connectivity index (χ3v) is 8.27. The molecule has 1 radical (unpaired) electrons. The first-order chi connectivity index (χ1) is 24.7. The van der Waals surface area contributed by atoms with Gasteiger partial charge in [-0.1, -0.05) is 37.8 Å². The van der Waals surface area contributed by atoms with E-state index < -0.39 is 12.2 Å². The smallest absolute Gasteiger partial charge is 0.315 e. The molecule has 0 saturated carbocycles. The number of Topliss-reactive ketones (excluding diaryl/α,β-unsaturated/α-hetero) is 1. The molecule has 3 amide bonds. The maximum absolute atomic E-state index is 12.5. The second kappa shape index (κ2) is 27.3. The Morgan fingerprint density at radius 1 is 0.784 bits per heavy atom. The van der Waals surface area contributed by atoms with E-state index in [4.69, 9.17) is 9.84 Å². The summed E-state index contributed by atoms with van der Waals surface area (Å²) in [7, 11) is 0. The van der Waals surface area contributed by atoms with Crippen LogP contribution in [0.1, 0.15) is 121 Å². The molecule has 4 N–H and O–H groups in total. The molecule has 0 aliphatic rings. The summed E-state index contributed by atoms with van der Waals surface area (Å²) in [5.41, 5.74) is 1.96. The van der Waals surface area contributed by atoms with Gasteiger partial charge < -0.3 is 25.8 Å². The van der Waals surface area contributed by atoms with Gasteiger partial charge in [0, 0.05) is 63.6 Å². The number of aliphatic carboxylic acids is 1. The van der Waals surface area contributed by atoms with Crippen LogP contribution in [0.3, 0.4) is 0 Å². The van der Waals surface area contributed by atoms with Crippen LogP contribution in [0.5, 0.6) is 0 Å². The Kier molecular flexibility index (Phi) is 22.9. The van der Waals surface area contributed by atoms with Gasteiger partial charge in [0.1, 0.15) is 5.78 Å². The number of amides is 3. The molecule has 0 fully saturated rings. The fraction of sp³-hybridized carbons (Fsp3) is 0.579. The monoisotopic (exact) mass is 709 g/mol. The molecule has 2 aromatic rings. The molecular formula is C38H57N6O7. The number of rotatable bonds is 30. The number of hydrogen-bond acceptors (Lipinski definition) is 9. The zero-order valence-electron chi connectivity index (χ0n) is 30.1. The topological polar surface area (TPSA) is 180 Å². The lowest BCUT2D eigenvalue weighted by atomic mass is 10.0. The van der Waals surface area contributed by atoms with E-state index in [1.165, 1.54) is 0 Å².